The molecular formula is C31H37N5O5. The number of fused-ring (bicyclic) bond motifs is 1. The molecule has 41 heavy (non-hydrogen) atoms. The molecule has 216 valence electrons. The number of aromatic amines is 1. The molecule has 0 saturated heterocycles. The fraction of sp³-hybridized carbons (Fsp3) is 0.355. The Bertz CT molecular complexity index is 1530. The zero-order valence-corrected chi connectivity index (χ0v) is 24.3. The first-order valence-corrected chi connectivity index (χ1v) is 13.5. The number of anilines is 1. The first kappa shape index (κ1) is 29.4. The molecule has 10 heteroatoms. The number of aromatic nitrogens is 3. The van der Waals surface area contributed by atoms with Crippen molar-refractivity contribution in [2.24, 2.45) is 5.92 Å². The molecule has 0 radical (unpaired) electrons. The van der Waals surface area contributed by atoms with Crippen LogP contribution in [0.2, 0.25) is 0 Å². The van der Waals surface area contributed by atoms with Gasteiger partial charge in [-0.25, -0.2) is 9.59 Å². The lowest BCUT2D eigenvalue weighted by Crippen LogP contribution is -2.39. The first-order valence-electron chi connectivity index (χ1n) is 13.5. The van der Waals surface area contributed by atoms with Crippen molar-refractivity contribution < 1.29 is 23.9 Å². The molecule has 1 unspecified atom stereocenters. The summed E-state index contributed by atoms with van der Waals surface area (Å²) in [5, 5.41) is 10.8. The molecule has 3 N–H and O–H groups in total. The molecule has 0 fully saturated rings. The summed E-state index contributed by atoms with van der Waals surface area (Å²) in [6.45, 7) is 10.8. The molecule has 2 amide bonds. The molecule has 4 rings (SSSR count). The van der Waals surface area contributed by atoms with E-state index in [4.69, 9.17) is 9.47 Å². The number of nitrogens with one attached hydrogen (secondary N) is 3. The summed E-state index contributed by atoms with van der Waals surface area (Å²) in [5.74, 6) is -0.798. The van der Waals surface area contributed by atoms with E-state index in [1.54, 1.807) is 53.9 Å². The minimum atomic E-state index is -0.647. The van der Waals surface area contributed by atoms with Gasteiger partial charge in [0.15, 0.2) is 0 Å². The van der Waals surface area contributed by atoms with E-state index in [-0.39, 0.29) is 12.5 Å². The number of nitrogens with zero attached hydrogens (tertiary/aromatic N) is 2. The Labute approximate surface area is 239 Å². The topological polar surface area (TPSA) is 127 Å². The fourth-order valence-corrected chi connectivity index (χ4v) is 4.28. The predicted molar refractivity (Wildman–Crippen MR) is 158 cm³/mol. The van der Waals surface area contributed by atoms with Crippen LogP contribution in [-0.2, 0) is 20.7 Å². The van der Waals surface area contributed by atoms with Crippen LogP contribution in [-0.4, -0.2) is 50.6 Å². The summed E-state index contributed by atoms with van der Waals surface area (Å²) in [6.07, 6.45) is 4.30. The Morgan fingerprint density at radius 3 is 2.34 bits per heavy atom. The quantitative estimate of drug-likeness (QED) is 0.250. The average molecular weight is 560 g/mol. The minimum absolute atomic E-state index is 0.103. The van der Waals surface area contributed by atoms with Gasteiger partial charge in [0.2, 0.25) is 5.91 Å². The standard InChI is InChI=1S/C31H37N5O5/c1-30(2,3)40-28(38)33-16-21(15-20-11-8-7-9-12-20)27(37)35-25-14-10-13-23-24(18-32-26(23)25)22-17-34-36(19-22)29(39)41-31(4,5)6/h7-14,17-19,21,32H,15-16H2,1-6H3,(H,33,38)(H,35,37). The van der Waals surface area contributed by atoms with Gasteiger partial charge in [0.1, 0.15) is 11.2 Å². The van der Waals surface area contributed by atoms with Crippen LogP contribution in [0.1, 0.15) is 47.1 Å². The number of hydrogen-bond donors (Lipinski definition) is 3. The molecule has 0 saturated carbocycles. The number of alkyl carbamates (subject to hydrolysis) is 1. The molecule has 0 aliphatic carbocycles. The first-order chi connectivity index (χ1) is 19.3. The summed E-state index contributed by atoms with van der Waals surface area (Å²) >= 11 is 0. The molecule has 1 atom stereocenters. The smallest absolute Gasteiger partial charge is 0.435 e. The van der Waals surface area contributed by atoms with Crippen molar-refractivity contribution in [1.29, 1.82) is 0 Å². The molecule has 4 aromatic rings. The second-order valence-corrected chi connectivity index (χ2v) is 11.8. The summed E-state index contributed by atoms with van der Waals surface area (Å²) in [6, 6.07) is 15.2. The van der Waals surface area contributed by atoms with Crippen molar-refractivity contribution >= 4 is 34.7 Å². The zero-order valence-electron chi connectivity index (χ0n) is 24.3. The van der Waals surface area contributed by atoms with Crippen LogP contribution in [0.15, 0.2) is 67.1 Å². The normalized spacial score (nSPS) is 12.5. The van der Waals surface area contributed by atoms with Crippen LogP contribution >= 0.6 is 0 Å². The van der Waals surface area contributed by atoms with Crippen molar-refractivity contribution in [3.05, 3.63) is 72.7 Å². The second kappa shape index (κ2) is 11.9. The van der Waals surface area contributed by atoms with E-state index in [9.17, 15) is 14.4 Å². The van der Waals surface area contributed by atoms with Gasteiger partial charge in [-0.05, 0) is 59.6 Å². The molecule has 2 aromatic carbocycles. The number of para-hydroxylation sites is 1. The van der Waals surface area contributed by atoms with Gasteiger partial charge in [-0.2, -0.15) is 9.78 Å². The lowest BCUT2D eigenvalue weighted by molar-refractivity contribution is -0.119. The average Bonchev–Trinajstić information content (AvgIpc) is 3.53. The minimum Gasteiger partial charge on any atom is -0.444 e. The molecule has 0 bridgehead atoms. The summed E-state index contributed by atoms with van der Waals surface area (Å²) < 4.78 is 11.9. The summed E-state index contributed by atoms with van der Waals surface area (Å²) in [4.78, 5) is 41.5. The van der Waals surface area contributed by atoms with Crippen LogP contribution in [0.4, 0.5) is 15.3 Å². The van der Waals surface area contributed by atoms with Crippen molar-refractivity contribution in [1.82, 2.24) is 20.1 Å². The highest BCUT2D eigenvalue weighted by Gasteiger charge is 2.24. The van der Waals surface area contributed by atoms with Gasteiger partial charge < -0.3 is 25.1 Å². The van der Waals surface area contributed by atoms with Crippen LogP contribution in [0, 0.1) is 5.92 Å². The van der Waals surface area contributed by atoms with Crippen LogP contribution in [0.25, 0.3) is 22.0 Å². The van der Waals surface area contributed by atoms with E-state index in [0.717, 1.165) is 26.7 Å². The highest BCUT2D eigenvalue weighted by atomic mass is 16.6. The maximum Gasteiger partial charge on any atom is 0.435 e. The van der Waals surface area contributed by atoms with E-state index in [1.165, 1.54) is 0 Å². The third kappa shape index (κ3) is 7.97. The lowest BCUT2D eigenvalue weighted by atomic mass is 9.98. The highest BCUT2D eigenvalue weighted by Crippen LogP contribution is 2.32. The Hall–Kier alpha value is -4.60. The predicted octanol–water partition coefficient (Wildman–Crippen LogP) is 6.14. The van der Waals surface area contributed by atoms with Crippen LogP contribution in [0.5, 0.6) is 0 Å². The van der Waals surface area contributed by atoms with Gasteiger partial charge in [0.25, 0.3) is 0 Å². The molecule has 0 spiro atoms. The molecule has 2 heterocycles. The van der Waals surface area contributed by atoms with Gasteiger partial charge in [-0.3, -0.25) is 4.79 Å². The monoisotopic (exact) mass is 559 g/mol. The van der Waals surface area contributed by atoms with E-state index in [2.05, 4.69) is 20.7 Å². The number of amides is 2. The number of H-pyrrole nitrogens is 1. The molecule has 2 aromatic heterocycles. The van der Waals surface area contributed by atoms with Crippen molar-refractivity contribution in [2.45, 2.75) is 59.2 Å². The number of rotatable bonds is 7. The van der Waals surface area contributed by atoms with E-state index in [1.807, 2.05) is 54.7 Å². The van der Waals surface area contributed by atoms with Gasteiger partial charge in [0.05, 0.1) is 23.3 Å². The van der Waals surface area contributed by atoms with Gasteiger partial charge in [-0.15, -0.1) is 0 Å². The zero-order chi connectivity index (χ0) is 29.8. The molecule has 10 nitrogen and oxygen atoms in total. The molecular weight excluding hydrogens is 522 g/mol. The maximum atomic E-state index is 13.5. The van der Waals surface area contributed by atoms with Crippen molar-refractivity contribution in [3.63, 3.8) is 0 Å². The molecule has 0 aliphatic heterocycles. The van der Waals surface area contributed by atoms with E-state index >= 15 is 0 Å². The summed E-state index contributed by atoms with van der Waals surface area (Å²) in [5.41, 5.74) is 2.53. The largest absolute Gasteiger partial charge is 0.444 e. The fourth-order valence-electron chi connectivity index (χ4n) is 4.28. The highest BCUT2D eigenvalue weighted by molar-refractivity contribution is 6.06. The Morgan fingerprint density at radius 2 is 1.66 bits per heavy atom. The van der Waals surface area contributed by atoms with E-state index in [0.29, 0.717) is 17.7 Å². The van der Waals surface area contributed by atoms with Crippen LogP contribution < -0.4 is 10.6 Å². The summed E-state index contributed by atoms with van der Waals surface area (Å²) in [7, 11) is 0. The van der Waals surface area contributed by atoms with Gasteiger partial charge >= 0.3 is 12.2 Å². The number of ether oxygens (including phenoxy) is 2. The van der Waals surface area contributed by atoms with Crippen LogP contribution in [0.3, 0.4) is 0 Å². The molecule has 0 aliphatic rings. The third-order valence-corrected chi connectivity index (χ3v) is 6.03. The Kier molecular flexibility index (Phi) is 8.51. The Morgan fingerprint density at radius 1 is 0.951 bits per heavy atom. The van der Waals surface area contributed by atoms with Gasteiger partial charge in [0, 0.05) is 35.5 Å². The third-order valence-electron chi connectivity index (χ3n) is 6.03. The lowest BCUT2D eigenvalue weighted by Gasteiger charge is -2.22. The number of hydrogen-bond acceptors (Lipinski definition) is 6. The van der Waals surface area contributed by atoms with E-state index < -0.39 is 29.3 Å². The second-order valence-electron chi connectivity index (χ2n) is 11.8. The number of carbonyl (C=O) groups is 3. The number of carbonyl (C=O) groups excluding carboxylic acids is 3. The number of benzene rings is 2. The van der Waals surface area contributed by atoms with Gasteiger partial charge in [-0.1, -0.05) is 42.5 Å². The Balaban J connectivity index is 1.54. The SMILES string of the molecule is CC(C)(C)OC(=O)NCC(Cc1ccccc1)C(=O)Nc1cccc2c(-c3cnn(C(=O)OC(C)(C)C)c3)c[nH]c12. The van der Waals surface area contributed by atoms with Crippen molar-refractivity contribution in [2.75, 3.05) is 11.9 Å². The maximum absolute atomic E-state index is 13.5. The van der Waals surface area contributed by atoms with Crippen molar-refractivity contribution in [3.8, 4) is 11.1 Å².